The minimum Gasteiger partial charge on any atom is -0.494 e. The van der Waals surface area contributed by atoms with Gasteiger partial charge in [0.15, 0.2) is 10.6 Å². The van der Waals surface area contributed by atoms with Crippen LogP contribution < -0.4 is 15.4 Å². The SMILES string of the molecule is COC(=O)c1sc2ccc(NC(=O)Nc3ccccc3C(F)(F)F)cc2c1OC. The van der Waals surface area contributed by atoms with Gasteiger partial charge in [-0.05, 0) is 30.3 Å². The number of carbonyl (C=O) groups is 2. The fourth-order valence-electron chi connectivity index (χ4n) is 2.71. The van der Waals surface area contributed by atoms with Crippen LogP contribution in [0.3, 0.4) is 0 Å². The van der Waals surface area contributed by atoms with Crippen LogP contribution in [0.25, 0.3) is 10.1 Å². The minimum absolute atomic E-state index is 0.269. The third kappa shape index (κ3) is 4.27. The van der Waals surface area contributed by atoms with E-state index in [-0.39, 0.29) is 10.6 Å². The number of hydrogen-bond acceptors (Lipinski definition) is 5. The van der Waals surface area contributed by atoms with Crippen molar-refractivity contribution in [2.24, 2.45) is 0 Å². The summed E-state index contributed by atoms with van der Waals surface area (Å²) in [6.45, 7) is 0. The average molecular weight is 424 g/mol. The van der Waals surface area contributed by atoms with E-state index in [0.29, 0.717) is 16.8 Å². The molecule has 0 radical (unpaired) electrons. The largest absolute Gasteiger partial charge is 0.494 e. The highest BCUT2D eigenvalue weighted by molar-refractivity contribution is 7.21. The van der Waals surface area contributed by atoms with Crippen molar-refractivity contribution in [3.05, 3.63) is 52.9 Å². The van der Waals surface area contributed by atoms with E-state index in [0.717, 1.165) is 28.2 Å². The molecule has 0 bridgehead atoms. The number of urea groups is 1. The maximum Gasteiger partial charge on any atom is 0.418 e. The summed E-state index contributed by atoms with van der Waals surface area (Å²) < 4.78 is 49.9. The molecule has 2 amide bonds. The first-order valence-electron chi connectivity index (χ1n) is 8.17. The molecule has 1 aromatic heterocycles. The Hall–Kier alpha value is -3.27. The van der Waals surface area contributed by atoms with Gasteiger partial charge in [-0.1, -0.05) is 12.1 Å². The van der Waals surface area contributed by atoms with Crippen LogP contribution in [0.1, 0.15) is 15.2 Å². The molecule has 0 saturated heterocycles. The lowest BCUT2D eigenvalue weighted by atomic mass is 10.1. The number of thiophene rings is 1. The Bertz CT molecular complexity index is 1080. The summed E-state index contributed by atoms with van der Waals surface area (Å²) in [7, 11) is 2.65. The molecule has 0 aliphatic carbocycles. The number of benzene rings is 2. The first kappa shape index (κ1) is 20.5. The number of hydrogen-bond donors (Lipinski definition) is 2. The van der Waals surface area contributed by atoms with Crippen LogP contribution in [0, 0.1) is 0 Å². The molecule has 0 saturated carbocycles. The smallest absolute Gasteiger partial charge is 0.418 e. The summed E-state index contributed by atoms with van der Waals surface area (Å²) in [5, 5.41) is 5.24. The summed E-state index contributed by atoms with van der Waals surface area (Å²) in [5.74, 6) is -0.262. The number of fused-ring (bicyclic) bond motifs is 1. The number of amides is 2. The molecular formula is C19H15F3N2O4S. The number of rotatable bonds is 4. The fraction of sp³-hybridized carbons (Fsp3) is 0.158. The normalized spacial score (nSPS) is 11.2. The second-order valence-corrected chi connectivity index (χ2v) is 6.84. The number of para-hydroxylation sites is 1. The Balaban J connectivity index is 1.86. The molecule has 0 fully saturated rings. The van der Waals surface area contributed by atoms with Crippen LogP contribution in [0.4, 0.5) is 29.3 Å². The average Bonchev–Trinajstić information content (AvgIpc) is 3.04. The molecule has 0 aliphatic rings. The second kappa shape index (κ2) is 8.00. The third-order valence-electron chi connectivity index (χ3n) is 3.96. The van der Waals surface area contributed by atoms with Crippen LogP contribution in [0.5, 0.6) is 5.75 Å². The van der Waals surface area contributed by atoms with Crippen molar-refractivity contribution in [2.45, 2.75) is 6.18 Å². The molecular weight excluding hydrogens is 409 g/mol. The van der Waals surface area contributed by atoms with Crippen molar-refractivity contribution in [1.29, 1.82) is 0 Å². The van der Waals surface area contributed by atoms with Crippen molar-refractivity contribution >= 4 is 44.8 Å². The van der Waals surface area contributed by atoms with Gasteiger partial charge >= 0.3 is 18.2 Å². The van der Waals surface area contributed by atoms with Gasteiger partial charge in [0.1, 0.15) is 0 Å². The van der Waals surface area contributed by atoms with Crippen LogP contribution in [0.2, 0.25) is 0 Å². The third-order valence-corrected chi connectivity index (χ3v) is 5.09. The van der Waals surface area contributed by atoms with E-state index < -0.39 is 23.7 Å². The molecule has 0 aliphatic heterocycles. The van der Waals surface area contributed by atoms with E-state index in [1.165, 1.54) is 26.4 Å². The minimum atomic E-state index is -4.60. The maximum atomic E-state index is 13.1. The van der Waals surface area contributed by atoms with Gasteiger partial charge in [0.25, 0.3) is 0 Å². The predicted octanol–water partition coefficient (Wildman–Crippen LogP) is 5.36. The van der Waals surface area contributed by atoms with Gasteiger partial charge in [-0.15, -0.1) is 11.3 Å². The van der Waals surface area contributed by atoms with E-state index >= 15 is 0 Å². The molecule has 29 heavy (non-hydrogen) atoms. The van der Waals surface area contributed by atoms with E-state index in [2.05, 4.69) is 10.6 Å². The van der Waals surface area contributed by atoms with Gasteiger partial charge in [-0.2, -0.15) is 13.2 Å². The zero-order valence-electron chi connectivity index (χ0n) is 15.2. The van der Waals surface area contributed by atoms with Crippen molar-refractivity contribution < 1.29 is 32.2 Å². The molecule has 6 nitrogen and oxygen atoms in total. The second-order valence-electron chi connectivity index (χ2n) is 5.79. The Labute approximate surface area is 167 Å². The first-order chi connectivity index (χ1) is 13.7. The number of anilines is 2. The molecule has 2 aromatic carbocycles. The molecule has 1 heterocycles. The molecule has 10 heteroatoms. The number of halogens is 3. The highest BCUT2D eigenvalue weighted by Gasteiger charge is 2.33. The van der Waals surface area contributed by atoms with Crippen molar-refractivity contribution in [3.63, 3.8) is 0 Å². The van der Waals surface area contributed by atoms with E-state index in [4.69, 9.17) is 9.47 Å². The summed E-state index contributed by atoms with van der Waals surface area (Å²) >= 11 is 1.16. The zero-order valence-corrected chi connectivity index (χ0v) is 16.0. The molecule has 152 valence electrons. The molecule has 2 N–H and O–H groups in total. The Morgan fingerprint density at radius 3 is 2.41 bits per heavy atom. The van der Waals surface area contributed by atoms with Gasteiger partial charge in [-0.25, -0.2) is 9.59 Å². The van der Waals surface area contributed by atoms with E-state index in [1.54, 1.807) is 18.2 Å². The first-order valence-corrected chi connectivity index (χ1v) is 8.99. The van der Waals surface area contributed by atoms with Crippen molar-refractivity contribution in [2.75, 3.05) is 24.9 Å². The predicted molar refractivity (Wildman–Crippen MR) is 104 cm³/mol. The number of alkyl halides is 3. The van der Waals surface area contributed by atoms with Crippen LogP contribution in [0.15, 0.2) is 42.5 Å². The molecule has 3 rings (SSSR count). The van der Waals surface area contributed by atoms with E-state index in [1.807, 2.05) is 0 Å². The van der Waals surface area contributed by atoms with Gasteiger partial charge in [0, 0.05) is 15.8 Å². The van der Waals surface area contributed by atoms with Crippen molar-refractivity contribution in [1.82, 2.24) is 0 Å². The summed E-state index contributed by atoms with van der Waals surface area (Å²) in [5.41, 5.74) is -1.00. The lowest BCUT2D eigenvalue weighted by molar-refractivity contribution is -0.136. The monoisotopic (exact) mass is 424 g/mol. The van der Waals surface area contributed by atoms with Crippen molar-refractivity contribution in [3.8, 4) is 5.75 Å². The highest BCUT2D eigenvalue weighted by atomic mass is 32.1. The number of esters is 1. The summed E-state index contributed by atoms with van der Waals surface area (Å²) in [6.07, 6.45) is -4.60. The van der Waals surface area contributed by atoms with Gasteiger partial charge in [0.2, 0.25) is 0 Å². The topological polar surface area (TPSA) is 76.7 Å². The van der Waals surface area contributed by atoms with Gasteiger partial charge in [0.05, 0.1) is 25.5 Å². The molecule has 3 aromatic rings. The Morgan fingerprint density at radius 2 is 1.76 bits per heavy atom. The lowest BCUT2D eigenvalue weighted by Crippen LogP contribution is -2.21. The number of ether oxygens (including phenoxy) is 2. The quantitative estimate of drug-likeness (QED) is 0.553. The molecule has 0 spiro atoms. The van der Waals surface area contributed by atoms with Gasteiger partial charge < -0.3 is 20.1 Å². The zero-order chi connectivity index (χ0) is 21.2. The summed E-state index contributed by atoms with van der Waals surface area (Å²) in [6, 6.07) is 8.61. The lowest BCUT2D eigenvalue weighted by Gasteiger charge is -2.14. The standard InChI is InChI=1S/C19H15F3N2O4S/c1-27-15-11-9-10(7-8-14(11)29-16(15)17(25)28-2)23-18(26)24-13-6-4-3-5-12(13)19(20,21)22/h3-9H,1-2H3,(H2,23,24,26). The van der Waals surface area contributed by atoms with E-state index in [9.17, 15) is 22.8 Å². The van der Waals surface area contributed by atoms with Crippen LogP contribution in [-0.2, 0) is 10.9 Å². The maximum absolute atomic E-state index is 13.1. The Kier molecular flexibility index (Phi) is 5.64. The summed E-state index contributed by atoms with van der Waals surface area (Å²) in [4.78, 5) is 24.4. The fourth-order valence-corrected chi connectivity index (χ4v) is 3.78. The van der Waals surface area contributed by atoms with Crippen LogP contribution >= 0.6 is 11.3 Å². The number of nitrogens with one attached hydrogen (secondary N) is 2. The highest BCUT2D eigenvalue weighted by Crippen LogP contribution is 2.39. The van der Waals surface area contributed by atoms with Crippen LogP contribution in [-0.4, -0.2) is 26.2 Å². The Morgan fingerprint density at radius 1 is 1.03 bits per heavy atom. The molecule has 0 atom stereocenters. The van der Waals surface area contributed by atoms with Gasteiger partial charge in [-0.3, -0.25) is 0 Å². The number of methoxy groups -OCH3 is 2. The molecule has 0 unspecified atom stereocenters. The number of carbonyl (C=O) groups excluding carboxylic acids is 2.